The summed E-state index contributed by atoms with van der Waals surface area (Å²) in [6.45, 7) is 2.83. The maximum absolute atomic E-state index is 13.4. The molecule has 0 fully saturated rings. The van der Waals surface area contributed by atoms with Crippen LogP contribution in [0.3, 0.4) is 0 Å². The number of likely N-dealkylation sites (N-methyl/N-ethyl adjacent to an activating group) is 1. The number of carbonyl (C=O) groups excluding carboxylic acids is 2. The Morgan fingerprint density at radius 1 is 1.12 bits per heavy atom. The SMILES string of the molecule is CCS(=O)(=O)N(CC(=O)N(Cc1ccc(Br)cc1)C(C)C(=O)NC)c1ccc2c(c1)OCO2. The van der Waals surface area contributed by atoms with Crippen LogP contribution in [0.1, 0.15) is 19.4 Å². The summed E-state index contributed by atoms with van der Waals surface area (Å²) >= 11 is 3.38. The lowest BCUT2D eigenvalue weighted by Gasteiger charge is -2.31. The molecule has 3 rings (SSSR count). The first kappa shape index (κ1) is 24.8. The van der Waals surface area contributed by atoms with Crippen LogP contribution in [-0.2, 0) is 26.2 Å². The Morgan fingerprint density at radius 2 is 1.79 bits per heavy atom. The van der Waals surface area contributed by atoms with E-state index in [1.165, 1.54) is 24.9 Å². The second-order valence-electron chi connectivity index (χ2n) is 7.38. The van der Waals surface area contributed by atoms with Crippen molar-refractivity contribution in [2.24, 2.45) is 0 Å². The minimum absolute atomic E-state index is 0.0445. The number of anilines is 1. The molecule has 1 heterocycles. The summed E-state index contributed by atoms with van der Waals surface area (Å²) in [7, 11) is -2.32. The van der Waals surface area contributed by atoms with Gasteiger partial charge in [-0.2, -0.15) is 0 Å². The third kappa shape index (κ3) is 5.77. The summed E-state index contributed by atoms with van der Waals surface area (Å²) in [4.78, 5) is 27.2. The van der Waals surface area contributed by atoms with Crippen LogP contribution >= 0.6 is 15.9 Å². The Balaban J connectivity index is 1.93. The molecule has 2 aromatic rings. The predicted octanol–water partition coefficient (Wildman–Crippen LogP) is 2.50. The highest BCUT2D eigenvalue weighted by molar-refractivity contribution is 9.10. The molecule has 11 heteroatoms. The van der Waals surface area contributed by atoms with Crippen molar-refractivity contribution in [2.45, 2.75) is 26.4 Å². The number of sulfonamides is 1. The van der Waals surface area contributed by atoms with Gasteiger partial charge in [0.2, 0.25) is 28.6 Å². The van der Waals surface area contributed by atoms with E-state index in [-0.39, 0.29) is 30.7 Å². The van der Waals surface area contributed by atoms with E-state index in [0.717, 1.165) is 14.3 Å². The number of hydrogen-bond acceptors (Lipinski definition) is 6. The van der Waals surface area contributed by atoms with Gasteiger partial charge in [0.1, 0.15) is 12.6 Å². The lowest BCUT2D eigenvalue weighted by molar-refractivity contribution is -0.139. The maximum atomic E-state index is 13.4. The Labute approximate surface area is 201 Å². The van der Waals surface area contributed by atoms with E-state index in [9.17, 15) is 18.0 Å². The molecule has 0 saturated carbocycles. The highest BCUT2D eigenvalue weighted by Gasteiger charge is 2.31. The minimum atomic E-state index is -3.81. The van der Waals surface area contributed by atoms with Gasteiger partial charge in [-0.3, -0.25) is 13.9 Å². The molecule has 2 amide bonds. The molecular weight excluding hydrogens is 514 g/mol. The number of rotatable bonds is 9. The number of ether oxygens (including phenoxy) is 2. The highest BCUT2D eigenvalue weighted by atomic mass is 79.9. The van der Waals surface area contributed by atoms with E-state index in [1.54, 1.807) is 19.1 Å². The van der Waals surface area contributed by atoms with Crippen molar-refractivity contribution in [1.82, 2.24) is 10.2 Å². The van der Waals surface area contributed by atoms with Crippen molar-refractivity contribution in [3.8, 4) is 11.5 Å². The van der Waals surface area contributed by atoms with Gasteiger partial charge in [0.05, 0.1) is 11.4 Å². The summed E-state index contributed by atoms with van der Waals surface area (Å²) < 4.78 is 38.4. The van der Waals surface area contributed by atoms with Crippen molar-refractivity contribution < 1.29 is 27.5 Å². The fourth-order valence-electron chi connectivity index (χ4n) is 3.34. The first-order valence-corrected chi connectivity index (χ1v) is 12.7. The predicted molar refractivity (Wildman–Crippen MR) is 128 cm³/mol. The third-order valence-corrected chi connectivity index (χ3v) is 7.57. The van der Waals surface area contributed by atoms with E-state index >= 15 is 0 Å². The van der Waals surface area contributed by atoms with E-state index in [0.29, 0.717) is 11.5 Å². The zero-order valence-corrected chi connectivity index (χ0v) is 21.0. The Morgan fingerprint density at radius 3 is 2.42 bits per heavy atom. The maximum Gasteiger partial charge on any atom is 0.244 e. The number of nitrogens with one attached hydrogen (secondary N) is 1. The van der Waals surface area contributed by atoms with Crippen molar-refractivity contribution in [1.29, 1.82) is 0 Å². The number of hydrogen-bond donors (Lipinski definition) is 1. The Kier molecular flexibility index (Phi) is 7.85. The number of halogens is 1. The molecule has 1 atom stereocenters. The van der Waals surface area contributed by atoms with Gasteiger partial charge < -0.3 is 19.7 Å². The van der Waals surface area contributed by atoms with Crippen molar-refractivity contribution >= 4 is 43.5 Å². The zero-order valence-electron chi connectivity index (χ0n) is 18.6. The molecule has 1 aliphatic heterocycles. The van der Waals surface area contributed by atoms with Crippen molar-refractivity contribution in [3.05, 3.63) is 52.5 Å². The zero-order chi connectivity index (χ0) is 24.2. The normalized spacial score (nSPS) is 13.3. The third-order valence-electron chi connectivity index (χ3n) is 5.30. The topological polar surface area (TPSA) is 105 Å². The molecule has 178 valence electrons. The molecule has 33 heavy (non-hydrogen) atoms. The second kappa shape index (κ2) is 10.4. The fourth-order valence-corrected chi connectivity index (χ4v) is 4.66. The standard InChI is InChI=1S/C22H26BrN3O6S/c1-4-33(29,30)26(18-9-10-19-20(11-18)32-14-31-19)13-21(27)25(15(2)22(28)24-3)12-16-5-7-17(23)8-6-16/h5-11,15H,4,12-14H2,1-3H3,(H,24,28). The molecule has 0 aliphatic carbocycles. The molecule has 0 saturated heterocycles. The lowest BCUT2D eigenvalue weighted by atomic mass is 10.1. The Bertz CT molecular complexity index is 1120. The van der Waals surface area contributed by atoms with Crippen LogP contribution in [0.5, 0.6) is 11.5 Å². The summed E-state index contributed by atoms with van der Waals surface area (Å²) in [5, 5.41) is 2.55. The van der Waals surface area contributed by atoms with Crippen LogP contribution in [0, 0.1) is 0 Å². The van der Waals surface area contributed by atoms with Crippen LogP contribution < -0.4 is 19.1 Å². The summed E-state index contributed by atoms with van der Waals surface area (Å²) in [6.07, 6.45) is 0. The molecule has 1 N–H and O–H groups in total. The van der Waals surface area contributed by atoms with Crippen LogP contribution in [0.2, 0.25) is 0 Å². The number of carbonyl (C=O) groups is 2. The molecule has 1 aliphatic rings. The number of fused-ring (bicyclic) bond motifs is 1. The van der Waals surface area contributed by atoms with Gasteiger partial charge in [0, 0.05) is 24.1 Å². The molecule has 0 spiro atoms. The van der Waals surface area contributed by atoms with Gasteiger partial charge in [-0.05, 0) is 43.7 Å². The van der Waals surface area contributed by atoms with Crippen LogP contribution in [0.25, 0.3) is 0 Å². The quantitative estimate of drug-likeness (QED) is 0.524. The van der Waals surface area contributed by atoms with E-state index in [4.69, 9.17) is 9.47 Å². The molecule has 2 aromatic carbocycles. The van der Waals surface area contributed by atoms with E-state index in [1.807, 2.05) is 24.3 Å². The molecule has 0 bridgehead atoms. The molecule has 1 unspecified atom stereocenters. The lowest BCUT2D eigenvalue weighted by Crippen LogP contribution is -2.50. The first-order chi connectivity index (χ1) is 15.7. The average Bonchev–Trinajstić information content (AvgIpc) is 3.28. The number of amides is 2. The van der Waals surface area contributed by atoms with E-state index in [2.05, 4.69) is 21.2 Å². The molecular formula is C22H26BrN3O6S. The second-order valence-corrected chi connectivity index (χ2v) is 10.5. The van der Waals surface area contributed by atoms with Crippen LogP contribution in [0.15, 0.2) is 46.9 Å². The summed E-state index contributed by atoms with van der Waals surface area (Å²) in [5.74, 6) is -0.158. The van der Waals surface area contributed by atoms with Gasteiger partial charge in [-0.1, -0.05) is 28.1 Å². The van der Waals surface area contributed by atoms with Crippen LogP contribution in [0.4, 0.5) is 5.69 Å². The average molecular weight is 540 g/mol. The van der Waals surface area contributed by atoms with Crippen molar-refractivity contribution in [3.63, 3.8) is 0 Å². The number of benzene rings is 2. The first-order valence-electron chi connectivity index (χ1n) is 10.3. The van der Waals surface area contributed by atoms with Gasteiger partial charge in [0.25, 0.3) is 0 Å². The van der Waals surface area contributed by atoms with E-state index < -0.39 is 28.5 Å². The highest BCUT2D eigenvalue weighted by Crippen LogP contribution is 2.36. The Hall–Kier alpha value is -2.79. The smallest absolute Gasteiger partial charge is 0.244 e. The largest absolute Gasteiger partial charge is 0.454 e. The number of nitrogens with zero attached hydrogens (tertiary/aromatic N) is 2. The van der Waals surface area contributed by atoms with Gasteiger partial charge in [-0.25, -0.2) is 8.42 Å². The molecule has 0 radical (unpaired) electrons. The summed E-state index contributed by atoms with van der Waals surface area (Å²) in [5.41, 5.74) is 1.08. The fraction of sp³-hybridized carbons (Fsp3) is 0.364. The minimum Gasteiger partial charge on any atom is -0.454 e. The van der Waals surface area contributed by atoms with Gasteiger partial charge in [-0.15, -0.1) is 0 Å². The molecule has 9 nitrogen and oxygen atoms in total. The van der Waals surface area contributed by atoms with Gasteiger partial charge in [0.15, 0.2) is 11.5 Å². The van der Waals surface area contributed by atoms with Gasteiger partial charge >= 0.3 is 0 Å². The summed E-state index contributed by atoms with van der Waals surface area (Å²) in [6, 6.07) is 11.2. The van der Waals surface area contributed by atoms with Crippen LogP contribution in [-0.4, -0.2) is 57.3 Å². The monoisotopic (exact) mass is 539 g/mol. The molecule has 0 aromatic heterocycles. The van der Waals surface area contributed by atoms with Crippen molar-refractivity contribution in [2.75, 3.05) is 30.4 Å².